The lowest BCUT2D eigenvalue weighted by atomic mass is 9.85. The van der Waals surface area contributed by atoms with Crippen LogP contribution in [-0.4, -0.2) is 57.5 Å². The highest BCUT2D eigenvalue weighted by atomic mass is 16.5. The second kappa shape index (κ2) is 13.9. The lowest BCUT2D eigenvalue weighted by molar-refractivity contribution is -0.127. The number of hydrogen-bond acceptors (Lipinski definition) is 6. The number of aryl methyl sites for hydroxylation is 2. The fraction of sp³-hybridized carbons (Fsp3) is 0.419. The largest absolute Gasteiger partial charge is 0.465 e. The van der Waals surface area contributed by atoms with Crippen molar-refractivity contribution in [3.8, 4) is 0 Å². The molecule has 10 heteroatoms. The summed E-state index contributed by atoms with van der Waals surface area (Å²) in [5.41, 5.74) is 1.94. The minimum atomic E-state index is -1.31. The van der Waals surface area contributed by atoms with Crippen molar-refractivity contribution in [1.29, 1.82) is 0 Å². The van der Waals surface area contributed by atoms with E-state index in [9.17, 15) is 24.6 Å². The average Bonchev–Trinajstić information content (AvgIpc) is 3.24. The Kier molecular flexibility index (Phi) is 10.7. The molecular weight excluding hydrogens is 524 g/mol. The van der Waals surface area contributed by atoms with Gasteiger partial charge >= 0.3 is 6.09 Å². The van der Waals surface area contributed by atoms with Gasteiger partial charge in [0.2, 0.25) is 5.91 Å². The number of benzene rings is 2. The van der Waals surface area contributed by atoms with Crippen LogP contribution < -0.4 is 16.0 Å². The number of amides is 3. The van der Waals surface area contributed by atoms with Crippen molar-refractivity contribution < 1.29 is 29.1 Å². The molecule has 1 heterocycles. The van der Waals surface area contributed by atoms with Crippen LogP contribution in [0.1, 0.15) is 60.1 Å². The molecule has 0 spiro atoms. The predicted molar refractivity (Wildman–Crippen MR) is 154 cm³/mol. The van der Waals surface area contributed by atoms with E-state index in [-0.39, 0.29) is 12.3 Å². The summed E-state index contributed by atoms with van der Waals surface area (Å²) in [4.78, 5) is 38.1. The first-order valence-corrected chi connectivity index (χ1v) is 13.6. The van der Waals surface area contributed by atoms with Gasteiger partial charge in [-0.3, -0.25) is 9.59 Å². The van der Waals surface area contributed by atoms with Crippen molar-refractivity contribution in [2.24, 2.45) is 5.41 Å². The van der Waals surface area contributed by atoms with Crippen LogP contribution in [-0.2, 0) is 17.6 Å². The van der Waals surface area contributed by atoms with Crippen molar-refractivity contribution in [2.45, 2.75) is 78.1 Å². The lowest BCUT2D eigenvalue weighted by Crippen LogP contribution is -2.58. The van der Waals surface area contributed by atoms with E-state index in [1.165, 1.54) is 0 Å². The second-order valence-electron chi connectivity index (χ2n) is 11.4. The Morgan fingerprint density at radius 2 is 1.44 bits per heavy atom. The highest BCUT2D eigenvalue weighted by Crippen LogP contribution is 2.21. The van der Waals surface area contributed by atoms with Gasteiger partial charge in [0.15, 0.2) is 0 Å². The molecule has 0 bridgehead atoms. The Balaban J connectivity index is 1.88. The molecule has 0 saturated heterocycles. The van der Waals surface area contributed by atoms with Crippen LogP contribution in [0.25, 0.3) is 0 Å². The highest BCUT2D eigenvalue weighted by Gasteiger charge is 2.35. The lowest BCUT2D eigenvalue weighted by Gasteiger charge is -2.33. The fourth-order valence-corrected chi connectivity index (χ4v) is 4.83. The van der Waals surface area contributed by atoms with Gasteiger partial charge in [0.25, 0.3) is 5.91 Å². The molecule has 0 aliphatic heterocycles. The minimum Gasteiger partial charge on any atom is -0.465 e. The number of carbonyl (C=O) groups is 3. The molecule has 1 aromatic heterocycles. The Bertz CT molecular complexity index is 1280. The summed E-state index contributed by atoms with van der Waals surface area (Å²) in [6, 6.07) is 16.7. The number of aromatic nitrogens is 1. The summed E-state index contributed by atoms with van der Waals surface area (Å²) in [5.74, 6) is -0.511. The van der Waals surface area contributed by atoms with E-state index >= 15 is 0 Å². The number of aliphatic hydroxyl groups excluding tert-OH is 1. The molecule has 5 N–H and O–H groups in total. The molecule has 3 aromatic rings. The molecule has 4 atom stereocenters. The van der Waals surface area contributed by atoms with Crippen LogP contribution in [0.15, 0.2) is 65.2 Å². The number of carbonyl (C=O) groups excluding carboxylic acids is 2. The quantitative estimate of drug-likeness (QED) is 0.224. The highest BCUT2D eigenvalue weighted by molar-refractivity contribution is 5.96. The summed E-state index contributed by atoms with van der Waals surface area (Å²) < 4.78 is 5.17. The molecule has 2 aromatic carbocycles. The van der Waals surface area contributed by atoms with Gasteiger partial charge in [0, 0.05) is 6.04 Å². The van der Waals surface area contributed by atoms with Crippen LogP contribution in [0, 0.1) is 19.3 Å². The monoisotopic (exact) mass is 564 g/mol. The standard InChI is InChI=1S/C31H40N4O6/c1-19-26(20(2)41-35-19)28(37)32-23(16-21-12-8-6-9-13-21)18-25(36)24(17-22-14-10-7-11-15-22)33-29(38)27(31(3,4)5)34-30(39)40/h6-15,23-25,27,34,36H,16-18H2,1-5H3,(H,32,37)(H,33,38)(H,39,40)/t23-,24-,25-,27+/m0/s1. The third kappa shape index (κ3) is 9.18. The third-order valence-electron chi connectivity index (χ3n) is 6.93. The van der Waals surface area contributed by atoms with Gasteiger partial charge in [-0.25, -0.2) is 4.79 Å². The first-order chi connectivity index (χ1) is 19.3. The summed E-state index contributed by atoms with van der Waals surface area (Å²) in [6.45, 7) is 8.63. The summed E-state index contributed by atoms with van der Waals surface area (Å²) in [5, 5.41) is 33.0. The topological polar surface area (TPSA) is 154 Å². The van der Waals surface area contributed by atoms with Crippen LogP contribution in [0.4, 0.5) is 4.79 Å². The molecule has 0 aliphatic carbocycles. The maximum Gasteiger partial charge on any atom is 0.405 e. The summed E-state index contributed by atoms with van der Waals surface area (Å²) >= 11 is 0. The molecule has 0 aliphatic rings. The van der Waals surface area contributed by atoms with E-state index in [0.717, 1.165) is 11.1 Å². The van der Waals surface area contributed by atoms with Crippen molar-refractivity contribution in [1.82, 2.24) is 21.1 Å². The van der Waals surface area contributed by atoms with Gasteiger partial charge in [-0.05, 0) is 49.7 Å². The number of nitrogens with zero attached hydrogens (tertiary/aromatic N) is 1. The summed E-state index contributed by atoms with van der Waals surface area (Å²) in [6.07, 6.45) is -1.54. The predicted octanol–water partition coefficient (Wildman–Crippen LogP) is 3.79. The first kappa shape index (κ1) is 31.3. The third-order valence-corrected chi connectivity index (χ3v) is 6.93. The molecule has 0 unspecified atom stereocenters. The number of carboxylic acid groups (broad SMARTS) is 1. The zero-order valence-corrected chi connectivity index (χ0v) is 24.2. The molecule has 3 rings (SSSR count). The zero-order chi connectivity index (χ0) is 30.2. The minimum absolute atomic E-state index is 0.119. The fourth-order valence-electron chi connectivity index (χ4n) is 4.83. The number of nitrogens with one attached hydrogen (secondary N) is 3. The van der Waals surface area contributed by atoms with Crippen molar-refractivity contribution in [3.05, 3.63) is 88.8 Å². The van der Waals surface area contributed by atoms with Crippen LogP contribution in [0.2, 0.25) is 0 Å². The van der Waals surface area contributed by atoms with E-state index in [1.807, 2.05) is 60.7 Å². The molecule has 0 saturated carbocycles. The second-order valence-corrected chi connectivity index (χ2v) is 11.4. The van der Waals surface area contributed by atoms with Crippen LogP contribution in [0.3, 0.4) is 0 Å². The van der Waals surface area contributed by atoms with Crippen molar-refractivity contribution >= 4 is 17.9 Å². The smallest absolute Gasteiger partial charge is 0.405 e. The van der Waals surface area contributed by atoms with E-state index in [4.69, 9.17) is 4.52 Å². The molecule has 0 radical (unpaired) electrons. The van der Waals surface area contributed by atoms with E-state index in [0.29, 0.717) is 29.9 Å². The number of hydrogen-bond donors (Lipinski definition) is 5. The summed E-state index contributed by atoms with van der Waals surface area (Å²) in [7, 11) is 0. The van der Waals surface area contributed by atoms with E-state index in [1.54, 1.807) is 34.6 Å². The van der Waals surface area contributed by atoms with Crippen molar-refractivity contribution in [3.63, 3.8) is 0 Å². The number of aliphatic hydroxyl groups is 1. The maximum atomic E-state index is 13.4. The van der Waals surface area contributed by atoms with Crippen molar-refractivity contribution in [2.75, 3.05) is 0 Å². The van der Waals surface area contributed by atoms with E-state index < -0.39 is 41.6 Å². The SMILES string of the molecule is Cc1noc(C)c1C(=O)N[C@@H](Cc1ccccc1)C[C@H](O)[C@H](Cc1ccccc1)NC(=O)[C@@H](NC(=O)O)C(C)(C)C. The maximum absolute atomic E-state index is 13.4. The zero-order valence-electron chi connectivity index (χ0n) is 24.2. The molecule has 41 heavy (non-hydrogen) atoms. The Hall–Kier alpha value is -4.18. The van der Waals surface area contributed by atoms with Gasteiger partial charge < -0.3 is 30.7 Å². The van der Waals surface area contributed by atoms with Gasteiger partial charge in [0.1, 0.15) is 17.4 Å². The molecule has 3 amide bonds. The molecular formula is C31H40N4O6. The Morgan fingerprint density at radius 3 is 1.93 bits per heavy atom. The van der Waals surface area contributed by atoms with Gasteiger partial charge in [-0.2, -0.15) is 0 Å². The molecule has 10 nitrogen and oxygen atoms in total. The van der Waals surface area contributed by atoms with Gasteiger partial charge in [-0.15, -0.1) is 0 Å². The van der Waals surface area contributed by atoms with Gasteiger partial charge in [0.05, 0.1) is 17.8 Å². The first-order valence-electron chi connectivity index (χ1n) is 13.6. The Labute approximate surface area is 240 Å². The van der Waals surface area contributed by atoms with Crippen LogP contribution >= 0.6 is 0 Å². The normalized spacial score (nSPS) is 14.4. The Morgan fingerprint density at radius 1 is 0.878 bits per heavy atom. The van der Waals surface area contributed by atoms with Crippen LogP contribution in [0.5, 0.6) is 0 Å². The molecule has 0 fully saturated rings. The average molecular weight is 565 g/mol. The van der Waals surface area contributed by atoms with Gasteiger partial charge in [-0.1, -0.05) is 86.6 Å². The van der Waals surface area contributed by atoms with E-state index in [2.05, 4.69) is 21.1 Å². The molecule has 220 valence electrons. The number of rotatable bonds is 12.